The van der Waals surface area contributed by atoms with Crippen LogP contribution in [-0.4, -0.2) is 55.9 Å². The van der Waals surface area contributed by atoms with Gasteiger partial charge in [0.05, 0.1) is 35.0 Å². The van der Waals surface area contributed by atoms with Gasteiger partial charge in [-0.1, -0.05) is 12.1 Å². The predicted molar refractivity (Wildman–Crippen MR) is 109 cm³/mol. The molecule has 0 spiro atoms. The number of fused-ring (bicyclic) bond motifs is 3. The number of aromatic nitrogens is 3. The summed E-state index contributed by atoms with van der Waals surface area (Å²) in [6, 6.07) is 7.18. The minimum Gasteiger partial charge on any atom is -0.390 e. The second-order valence-corrected chi connectivity index (χ2v) is 7.97. The minimum absolute atomic E-state index is 0.121. The monoisotopic (exact) mass is 393 g/mol. The number of hydrogen-bond donors (Lipinski definition) is 5. The topological polar surface area (TPSA) is 123 Å². The van der Waals surface area contributed by atoms with Crippen LogP contribution < -0.4 is 10.6 Å². The zero-order chi connectivity index (χ0) is 20.3. The molecule has 0 saturated heterocycles. The van der Waals surface area contributed by atoms with E-state index >= 15 is 0 Å². The number of aliphatic hydroxyl groups is 2. The quantitative estimate of drug-likeness (QED) is 0.396. The third-order valence-electron chi connectivity index (χ3n) is 5.97. The Kier molecular flexibility index (Phi) is 4.07. The highest BCUT2D eigenvalue weighted by atomic mass is 16.3. The number of carbonyl (C=O) groups excluding carboxylic acids is 1. The number of benzene rings is 1. The van der Waals surface area contributed by atoms with Gasteiger partial charge >= 0.3 is 0 Å². The summed E-state index contributed by atoms with van der Waals surface area (Å²) in [5, 5.41) is 27.5. The number of para-hydroxylation sites is 1. The molecule has 3 aromatic rings. The van der Waals surface area contributed by atoms with Crippen LogP contribution in [0.15, 0.2) is 24.3 Å². The van der Waals surface area contributed by atoms with Crippen molar-refractivity contribution in [2.45, 2.75) is 44.4 Å². The first-order valence-electron chi connectivity index (χ1n) is 9.84. The van der Waals surface area contributed by atoms with Crippen LogP contribution in [0.25, 0.3) is 22.3 Å². The van der Waals surface area contributed by atoms with Crippen LogP contribution in [0.4, 0.5) is 5.82 Å². The van der Waals surface area contributed by atoms with Crippen molar-refractivity contribution in [1.82, 2.24) is 20.3 Å². The van der Waals surface area contributed by atoms with Crippen LogP contribution in [0.1, 0.15) is 41.0 Å². The summed E-state index contributed by atoms with van der Waals surface area (Å²) in [5.41, 5.74) is 5.16. The van der Waals surface area contributed by atoms with Crippen molar-refractivity contribution in [3.63, 3.8) is 0 Å². The number of aromatic amines is 1. The van der Waals surface area contributed by atoms with Gasteiger partial charge < -0.3 is 25.8 Å². The Labute approximate surface area is 167 Å². The molecule has 150 valence electrons. The number of aliphatic hydroxyl groups excluding tert-OH is 2. The molecule has 2 aromatic heterocycles. The van der Waals surface area contributed by atoms with Gasteiger partial charge in [0.2, 0.25) is 0 Å². The molecule has 1 amide bonds. The number of H-pyrrole nitrogens is 1. The summed E-state index contributed by atoms with van der Waals surface area (Å²) < 4.78 is 0. The molecule has 0 fully saturated rings. The standard InChI is InChI=1S/C21H23N5O3/c1-9-19(28)16(27)6-11-8-22-21(29)13-7-15(25-17(11)13)12-4-3-5-14-18(12)26-20(24-9)10(2)23-14/h3-5,7,9,11,16,19,25,27-28H,6,8H2,1-2H3,(H,22,29)(H,24,26)/t9-,11+,16?,19?/m1/s1. The fourth-order valence-electron chi connectivity index (χ4n) is 4.32. The number of nitrogens with zero attached hydrogens (tertiary/aromatic N) is 2. The van der Waals surface area contributed by atoms with E-state index in [2.05, 4.69) is 20.6 Å². The first kappa shape index (κ1) is 18.1. The maximum Gasteiger partial charge on any atom is 0.253 e. The van der Waals surface area contributed by atoms with Gasteiger partial charge in [0.25, 0.3) is 5.91 Å². The average Bonchev–Trinajstić information content (AvgIpc) is 3.15. The van der Waals surface area contributed by atoms with Gasteiger partial charge in [-0.25, -0.2) is 9.97 Å². The first-order valence-corrected chi connectivity index (χ1v) is 9.84. The fraction of sp³-hybridized carbons (Fsp3) is 0.381. The van der Waals surface area contributed by atoms with Gasteiger partial charge in [-0.15, -0.1) is 0 Å². The maximum atomic E-state index is 12.4. The molecule has 5 rings (SSSR count). The molecule has 2 unspecified atom stereocenters. The van der Waals surface area contributed by atoms with Gasteiger partial charge in [-0.05, 0) is 32.4 Å². The highest BCUT2D eigenvalue weighted by Crippen LogP contribution is 2.35. The Morgan fingerprint density at radius 2 is 2.00 bits per heavy atom. The number of amides is 1. The molecule has 2 aliphatic heterocycles. The first-order chi connectivity index (χ1) is 13.9. The van der Waals surface area contributed by atoms with E-state index in [4.69, 9.17) is 4.98 Å². The minimum atomic E-state index is -1.00. The van der Waals surface area contributed by atoms with E-state index < -0.39 is 18.2 Å². The van der Waals surface area contributed by atoms with Crippen molar-refractivity contribution in [3.05, 3.63) is 41.2 Å². The molecule has 1 aromatic carbocycles. The Balaban J connectivity index is 1.78. The van der Waals surface area contributed by atoms with Gasteiger partial charge in [-0.2, -0.15) is 0 Å². The SMILES string of the molecule is Cc1nc2cccc3c2nc1N[C@H](C)C(O)C(O)C[C@H]1CNC(=O)c2cc-3[nH]c21. The summed E-state index contributed by atoms with van der Waals surface area (Å²) in [4.78, 5) is 25.3. The van der Waals surface area contributed by atoms with Gasteiger partial charge in [-0.3, -0.25) is 4.79 Å². The molecule has 5 N–H and O–H groups in total. The van der Waals surface area contributed by atoms with Gasteiger partial charge in [0, 0.05) is 29.4 Å². The van der Waals surface area contributed by atoms with E-state index in [9.17, 15) is 15.0 Å². The highest BCUT2D eigenvalue weighted by molar-refractivity contribution is 6.00. The Bertz CT molecular complexity index is 1120. The van der Waals surface area contributed by atoms with E-state index in [1.54, 1.807) is 0 Å². The maximum absolute atomic E-state index is 12.4. The molecule has 0 aliphatic carbocycles. The van der Waals surface area contributed by atoms with Crippen molar-refractivity contribution >= 4 is 22.8 Å². The molecule has 4 bridgehead atoms. The normalized spacial score (nSPS) is 26.3. The molecular weight excluding hydrogens is 370 g/mol. The summed E-state index contributed by atoms with van der Waals surface area (Å²) in [6.45, 7) is 4.08. The van der Waals surface area contributed by atoms with E-state index in [1.807, 2.05) is 38.1 Å². The molecule has 0 saturated carbocycles. The lowest BCUT2D eigenvalue weighted by atomic mass is 9.89. The molecular formula is C21H23N5O3. The number of rotatable bonds is 0. The second-order valence-electron chi connectivity index (χ2n) is 7.97. The van der Waals surface area contributed by atoms with E-state index in [1.165, 1.54) is 0 Å². The zero-order valence-electron chi connectivity index (χ0n) is 16.2. The zero-order valence-corrected chi connectivity index (χ0v) is 16.2. The fourth-order valence-corrected chi connectivity index (χ4v) is 4.32. The lowest BCUT2D eigenvalue weighted by molar-refractivity contribution is 0.00225. The molecule has 0 radical (unpaired) electrons. The molecule has 2 aliphatic rings. The lowest BCUT2D eigenvalue weighted by Gasteiger charge is -2.30. The van der Waals surface area contributed by atoms with Crippen LogP contribution >= 0.6 is 0 Å². The largest absolute Gasteiger partial charge is 0.390 e. The Hall–Kier alpha value is -2.97. The smallest absolute Gasteiger partial charge is 0.253 e. The van der Waals surface area contributed by atoms with Crippen molar-refractivity contribution < 1.29 is 15.0 Å². The van der Waals surface area contributed by atoms with Crippen LogP contribution in [0, 0.1) is 6.92 Å². The van der Waals surface area contributed by atoms with Crippen molar-refractivity contribution in [2.24, 2.45) is 0 Å². The van der Waals surface area contributed by atoms with Gasteiger partial charge in [0.1, 0.15) is 11.3 Å². The number of aryl methyl sites for hydroxylation is 1. The number of carbonyl (C=O) groups is 1. The third kappa shape index (κ3) is 2.87. The van der Waals surface area contributed by atoms with Crippen LogP contribution in [-0.2, 0) is 0 Å². The summed E-state index contributed by atoms with van der Waals surface area (Å²) in [6.07, 6.45) is -1.64. The van der Waals surface area contributed by atoms with Crippen molar-refractivity contribution in [2.75, 3.05) is 11.9 Å². The van der Waals surface area contributed by atoms with E-state index in [-0.39, 0.29) is 11.8 Å². The average molecular weight is 393 g/mol. The summed E-state index contributed by atoms with van der Waals surface area (Å²) in [5.74, 6) is 0.305. The van der Waals surface area contributed by atoms with E-state index in [0.29, 0.717) is 35.6 Å². The number of hydrogen-bond acceptors (Lipinski definition) is 6. The van der Waals surface area contributed by atoms with Crippen molar-refractivity contribution in [1.29, 1.82) is 0 Å². The van der Waals surface area contributed by atoms with Crippen LogP contribution in [0.5, 0.6) is 0 Å². The Morgan fingerprint density at radius 1 is 1.17 bits per heavy atom. The summed E-state index contributed by atoms with van der Waals surface area (Å²) in [7, 11) is 0. The van der Waals surface area contributed by atoms with Crippen LogP contribution in [0.2, 0.25) is 0 Å². The molecule has 8 heteroatoms. The van der Waals surface area contributed by atoms with Crippen LogP contribution in [0.3, 0.4) is 0 Å². The molecule has 4 heterocycles. The van der Waals surface area contributed by atoms with Gasteiger partial charge in [0.15, 0.2) is 0 Å². The Morgan fingerprint density at radius 3 is 2.83 bits per heavy atom. The van der Waals surface area contributed by atoms with E-state index in [0.717, 1.165) is 22.5 Å². The number of anilines is 1. The molecule has 4 atom stereocenters. The lowest BCUT2D eigenvalue weighted by Crippen LogP contribution is -2.43. The number of nitrogens with one attached hydrogen (secondary N) is 3. The highest BCUT2D eigenvalue weighted by Gasteiger charge is 2.33. The second kappa shape index (κ2) is 6.53. The van der Waals surface area contributed by atoms with Crippen molar-refractivity contribution in [3.8, 4) is 11.3 Å². The third-order valence-corrected chi connectivity index (χ3v) is 5.97. The predicted octanol–water partition coefficient (Wildman–Crippen LogP) is 1.69. The molecule has 29 heavy (non-hydrogen) atoms. The summed E-state index contributed by atoms with van der Waals surface area (Å²) >= 11 is 0. The molecule has 8 nitrogen and oxygen atoms in total.